The van der Waals surface area contributed by atoms with E-state index in [2.05, 4.69) is 21.2 Å². The lowest BCUT2D eigenvalue weighted by molar-refractivity contribution is -0.112. The highest BCUT2D eigenvalue weighted by Crippen LogP contribution is 2.29. The fourth-order valence-corrected chi connectivity index (χ4v) is 3.17. The summed E-state index contributed by atoms with van der Waals surface area (Å²) in [4.78, 5) is 13.1. The number of carbonyl (C=O) groups is 1. The first-order valence-corrected chi connectivity index (χ1v) is 8.09. The number of nitriles is 1. The van der Waals surface area contributed by atoms with Crippen LogP contribution in [0.3, 0.4) is 0 Å². The number of anilines is 1. The highest BCUT2D eigenvalue weighted by atomic mass is 79.9. The molecule has 1 N–H and O–H groups in total. The largest absolute Gasteiger partial charge is 0.497 e. The molecule has 1 heterocycles. The van der Waals surface area contributed by atoms with Crippen LogP contribution in [-0.4, -0.2) is 20.1 Å². The highest BCUT2D eigenvalue weighted by Gasteiger charge is 2.13. The average molecular weight is 393 g/mol. The van der Waals surface area contributed by atoms with Gasteiger partial charge >= 0.3 is 0 Å². The van der Waals surface area contributed by atoms with Gasteiger partial charge in [0.2, 0.25) is 0 Å². The van der Waals surface area contributed by atoms with Crippen LogP contribution in [0.25, 0.3) is 6.08 Å². The molecule has 0 aliphatic carbocycles. The van der Waals surface area contributed by atoms with Crippen LogP contribution >= 0.6 is 27.3 Å². The molecule has 0 radical (unpaired) electrons. The first-order valence-electron chi connectivity index (χ1n) is 6.48. The summed E-state index contributed by atoms with van der Waals surface area (Å²) < 4.78 is 11.3. The van der Waals surface area contributed by atoms with E-state index >= 15 is 0 Å². The van der Waals surface area contributed by atoms with Crippen LogP contribution in [0.15, 0.2) is 39.7 Å². The summed E-state index contributed by atoms with van der Waals surface area (Å²) >= 11 is 4.78. The summed E-state index contributed by atoms with van der Waals surface area (Å²) in [6.07, 6.45) is 1.54. The van der Waals surface area contributed by atoms with E-state index in [1.807, 2.05) is 18.2 Å². The Hall–Kier alpha value is -2.30. The predicted molar refractivity (Wildman–Crippen MR) is 93.8 cm³/mol. The van der Waals surface area contributed by atoms with Crippen molar-refractivity contribution < 1.29 is 14.3 Å². The van der Waals surface area contributed by atoms with Gasteiger partial charge in [0.1, 0.15) is 23.1 Å². The Morgan fingerprint density at radius 3 is 2.65 bits per heavy atom. The van der Waals surface area contributed by atoms with E-state index in [4.69, 9.17) is 9.47 Å². The number of thiophene rings is 1. The van der Waals surface area contributed by atoms with Crippen molar-refractivity contribution in [2.45, 2.75) is 0 Å². The molecular weight excluding hydrogens is 380 g/mol. The smallest absolute Gasteiger partial charge is 0.266 e. The number of ether oxygens (including phenoxy) is 2. The minimum atomic E-state index is -0.511. The first-order chi connectivity index (χ1) is 11.1. The summed E-state index contributed by atoms with van der Waals surface area (Å²) in [6.45, 7) is 0. The Kier molecular flexibility index (Phi) is 5.79. The van der Waals surface area contributed by atoms with Crippen LogP contribution < -0.4 is 14.8 Å². The minimum absolute atomic E-state index is 0.00391. The third-order valence-corrected chi connectivity index (χ3v) is 4.47. The lowest BCUT2D eigenvalue weighted by atomic mass is 10.2. The fraction of sp³-hybridized carbons (Fsp3) is 0.125. The Balaban J connectivity index is 2.26. The number of rotatable bonds is 5. The number of hydrogen-bond acceptors (Lipinski definition) is 5. The number of nitrogens with zero attached hydrogens (tertiary/aromatic N) is 1. The zero-order valence-electron chi connectivity index (χ0n) is 12.4. The van der Waals surface area contributed by atoms with E-state index in [0.717, 1.165) is 8.66 Å². The molecule has 0 saturated carbocycles. The second-order valence-electron chi connectivity index (χ2n) is 4.33. The first kappa shape index (κ1) is 17.1. The number of nitrogens with one attached hydrogen (secondary N) is 1. The zero-order valence-corrected chi connectivity index (χ0v) is 14.8. The van der Waals surface area contributed by atoms with Gasteiger partial charge in [0.05, 0.1) is 23.7 Å². The van der Waals surface area contributed by atoms with Crippen molar-refractivity contribution in [1.29, 1.82) is 5.26 Å². The summed E-state index contributed by atoms with van der Waals surface area (Å²) in [5.74, 6) is 0.546. The van der Waals surface area contributed by atoms with Gasteiger partial charge < -0.3 is 14.8 Å². The lowest BCUT2D eigenvalue weighted by Gasteiger charge is -2.11. The van der Waals surface area contributed by atoms with E-state index < -0.39 is 5.91 Å². The van der Waals surface area contributed by atoms with E-state index in [0.29, 0.717) is 17.2 Å². The molecule has 1 amide bonds. The number of methoxy groups -OCH3 is 2. The van der Waals surface area contributed by atoms with Crippen LogP contribution in [0, 0.1) is 11.3 Å². The van der Waals surface area contributed by atoms with E-state index in [-0.39, 0.29) is 5.57 Å². The van der Waals surface area contributed by atoms with Gasteiger partial charge in [0.25, 0.3) is 5.91 Å². The number of carbonyl (C=O) groups excluding carboxylic acids is 1. The summed E-state index contributed by atoms with van der Waals surface area (Å²) in [6, 6.07) is 10.6. The SMILES string of the molecule is COc1ccc(OC)c(NC(=O)C(C#N)=Cc2ccc(Br)s2)c1. The maximum absolute atomic E-state index is 12.3. The molecule has 0 aliphatic heterocycles. The molecule has 5 nitrogen and oxygen atoms in total. The fourth-order valence-electron chi connectivity index (χ4n) is 1.80. The van der Waals surface area contributed by atoms with Gasteiger partial charge in [-0.1, -0.05) is 0 Å². The second-order valence-corrected chi connectivity index (χ2v) is 6.83. The maximum atomic E-state index is 12.3. The molecule has 1 aromatic heterocycles. The van der Waals surface area contributed by atoms with Gasteiger partial charge in [-0.15, -0.1) is 11.3 Å². The molecule has 1 aromatic carbocycles. The number of amides is 1. The molecule has 0 unspecified atom stereocenters. The van der Waals surface area contributed by atoms with Crippen molar-refractivity contribution in [3.05, 3.63) is 44.6 Å². The molecule has 0 spiro atoms. The van der Waals surface area contributed by atoms with Crippen molar-refractivity contribution in [3.63, 3.8) is 0 Å². The molecule has 23 heavy (non-hydrogen) atoms. The number of hydrogen-bond donors (Lipinski definition) is 1. The van der Waals surface area contributed by atoms with Gasteiger partial charge in [-0.2, -0.15) is 5.26 Å². The molecule has 0 aliphatic rings. The number of halogens is 1. The van der Waals surface area contributed by atoms with Crippen LogP contribution in [-0.2, 0) is 4.79 Å². The standard InChI is InChI=1S/C16H13BrN2O3S/c1-21-11-3-5-14(22-2)13(8-11)19-16(20)10(9-18)7-12-4-6-15(17)23-12/h3-8H,1-2H3,(H,19,20). The molecule has 0 bridgehead atoms. The lowest BCUT2D eigenvalue weighted by Crippen LogP contribution is -2.14. The topological polar surface area (TPSA) is 71.3 Å². The van der Waals surface area contributed by atoms with Gasteiger partial charge in [-0.05, 0) is 46.3 Å². The van der Waals surface area contributed by atoms with Crippen molar-refractivity contribution in [3.8, 4) is 17.6 Å². The van der Waals surface area contributed by atoms with Crippen LogP contribution in [0.1, 0.15) is 4.88 Å². The molecule has 118 valence electrons. The van der Waals surface area contributed by atoms with E-state index in [9.17, 15) is 10.1 Å². The molecule has 0 fully saturated rings. The quantitative estimate of drug-likeness (QED) is 0.614. The summed E-state index contributed by atoms with van der Waals surface area (Å²) in [5.41, 5.74) is 0.439. The second kappa shape index (κ2) is 7.81. The van der Waals surface area contributed by atoms with Crippen molar-refractivity contribution in [2.75, 3.05) is 19.5 Å². The third kappa shape index (κ3) is 4.34. The molecule has 0 saturated heterocycles. The molecule has 7 heteroatoms. The Morgan fingerprint density at radius 1 is 1.30 bits per heavy atom. The van der Waals surface area contributed by atoms with Gasteiger partial charge in [0.15, 0.2) is 0 Å². The van der Waals surface area contributed by atoms with Gasteiger partial charge in [-0.3, -0.25) is 4.79 Å². The zero-order chi connectivity index (χ0) is 16.8. The van der Waals surface area contributed by atoms with E-state index in [1.54, 1.807) is 18.2 Å². The normalized spacial score (nSPS) is 10.8. The molecule has 2 aromatic rings. The van der Waals surface area contributed by atoms with Crippen molar-refractivity contribution in [1.82, 2.24) is 0 Å². The van der Waals surface area contributed by atoms with Crippen molar-refractivity contribution >= 4 is 44.9 Å². The minimum Gasteiger partial charge on any atom is -0.497 e. The third-order valence-electron chi connectivity index (χ3n) is 2.90. The predicted octanol–water partition coefficient (Wildman–Crippen LogP) is 4.07. The molecular formula is C16H13BrN2O3S. The number of benzene rings is 1. The van der Waals surface area contributed by atoms with E-state index in [1.165, 1.54) is 31.6 Å². The Bertz CT molecular complexity index is 793. The average Bonchev–Trinajstić information content (AvgIpc) is 2.97. The highest BCUT2D eigenvalue weighted by molar-refractivity contribution is 9.11. The molecule has 0 atom stereocenters. The van der Waals surface area contributed by atoms with Crippen LogP contribution in [0.2, 0.25) is 0 Å². The molecule has 2 rings (SSSR count). The Labute approximate surface area is 146 Å². The van der Waals surface area contributed by atoms with Crippen LogP contribution in [0.4, 0.5) is 5.69 Å². The van der Waals surface area contributed by atoms with Gasteiger partial charge in [0, 0.05) is 10.9 Å². The Morgan fingerprint density at radius 2 is 2.09 bits per heavy atom. The van der Waals surface area contributed by atoms with Crippen molar-refractivity contribution in [2.24, 2.45) is 0 Å². The summed E-state index contributed by atoms with van der Waals surface area (Å²) in [7, 11) is 3.03. The maximum Gasteiger partial charge on any atom is 0.266 e. The van der Waals surface area contributed by atoms with Gasteiger partial charge in [-0.25, -0.2) is 0 Å². The van der Waals surface area contributed by atoms with Crippen LogP contribution in [0.5, 0.6) is 11.5 Å². The summed E-state index contributed by atoms with van der Waals surface area (Å²) in [5, 5.41) is 11.9. The monoisotopic (exact) mass is 392 g/mol.